The zero-order valence-electron chi connectivity index (χ0n) is 9.41. The monoisotopic (exact) mass is 290 g/mol. The number of benzene rings is 1. The molecule has 2 atom stereocenters. The van der Waals surface area contributed by atoms with E-state index in [1.807, 2.05) is 6.92 Å². The Hall–Kier alpha value is -0.450. The molecule has 0 bridgehead atoms. The maximum Gasteiger partial charge on any atom is 0.137 e. The standard InChI is InChI=1S/C12H16BrFO2/c1-3-12(16-2)11(15)7-8-4-5-10(14)9(13)6-8/h4-6,11-12,15H,3,7H2,1-2H3. The topological polar surface area (TPSA) is 29.5 Å². The quantitative estimate of drug-likeness (QED) is 0.904. The van der Waals surface area contributed by atoms with Crippen molar-refractivity contribution >= 4 is 15.9 Å². The first-order valence-corrected chi connectivity index (χ1v) is 6.02. The third-order valence-corrected chi connectivity index (χ3v) is 3.17. The van der Waals surface area contributed by atoms with Crippen molar-refractivity contribution in [2.75, 3.05) is 7.11 Å². The molecule has 4 heteroatoms. The van der Waals surface area contributed by atoms with Gasteiger partial charge in [0.2, 0.25) is 0 Å². The molecule has 1 rings (SSSR count). The van der Waals surface area contributed by atoms with Gasteiger partial charge in [0.25, 0.3) is 0 Å². The van der Waals surface area contributed by atoms with Gasteiger partial charge in [-0.3, -0.25) is 0 Å². The van der Waals surface area contributed by atoms with Crippen molar-refractivity contribution < 1.29 is 14.2 Å². The molecule has 90 valence electrons. The van der Waals surface area contributed by atoms with Gasteiger partial charge in [-0.1, -0.05) is 13.0 Å². The third-order valence-electron chi connectivity index (χ3n) is 2.56. The molecule has 0 saturated carbocycles. The van der Waals surface area contributed by atoms with Crippen LogP contribution in [0.1, 0.15) is 18.9 Å². The van der Waals surface area contributed by atoms with Crippen LogP contribution in [0.2, 0.25) is 0 Å². The van der Waals surface area contributed by atoms with Gasteiger partial charge in [-0.2, -0.15) is 0 Å². The molecule has 1 aromatic rings. The molecule has 0 amide bonds. The molecule has 0 radical (unpaired) electrons. The summed E-state index contributed by atoms with van der Waals surface area (Å²) in [6.45, 7) is 1.96. The van der Waals surface area contributed by atoms with Crippen molar-refractivity contribution in [3.63, 3.8) is 0 Å². The first kappa shape index (κ1) is 13.6. The van der Waals surface area contributed by atoms with Crippen LogP contribution in [0.25, 0.3) is 0 Å². The van der Waals surface area contributed by atoms with Gasteiger partial charge in [0, 0.05) is 13.5 Å². The van der Waals surface area contributed by atoms with Crippen LogP contribution >= 0.6 is 15.9 Å². The maximum absolute atomic E-state index is 13.0. The zero-order valence-corrected chi connectivity index (χ0v) is 11.0. The predicted molar refractivity (Wildman–Crippen MR) is 64.9 cm³/mol. The molecule has 16 heavy (non-hydrogen) atoms. The number of aliphatic hydroxyl groups excluding tert-OH is 1. The zero-order chi connectivity index (χ0) is 12.1. The van der Waals surface area contributed by atoms with Crippen molar-refractivity contribution in [1.29, 1.82) is 0 Å². The predicted octanol–water partition coefficient (Wildman–Crippen LogP) is 2.92. The molecule has 1 aromatic carbocycles. The minimum absolute atomic E-state index is 0.177. The minimum atomic E-state index is -0.563. The lowest BCUT2D eigenvalue weighted by Gasteiger charge is -2.20. The second kappa shape index (κ2) is 6.33. The molecular formula is C12H16BrFO2. The number of rotatable bonds is 5. The van der Waals surface area contributed by atoms with Gasteiger partial charge in [0.1, 0.15) is 5.82 Å². The highest BCUT2D eigenvalue weighted by atomic mass is 79.9. The summed E-state index contributed by atoms with van der Waals surface area (Å²) in [5, 5.41) is 9.89. The van der Waals surface area contributed by atoms with Crippen LogP contribution in [0.15, 0.2) is 22.7 Å². The fourth-order valence-corrected chi connectivity index (χ4v) is 2.06. The summed E-state index contributed by atoms with van der Waals surface area (Å²) >= 11 is 3.12. The van der Waals surface area contributed by atoms with Crippen LogP contribution in [-0.4, -0.2) is 24.4 Å². The Balaban J connectivity index is 2.69. The molecule has 0 aliphatic heterocycles. The van der Waals surface area contributed by atoms with E-state index in [0.29, 0.717) is 10.9 Å². The Morgan fingerprint density at radius 1 is 1.50 bits per heavy atom. The van der Waals surface area contributed by atoms with Gasteiger partial charge < -0.3 is 9.84 Å². The third kappa shape index (κ3) is 3.54. The molecule has 1 N–H and O–H groups in total. The van der Waals surface area contributed by atoms with Crippen molar-refractivity contribution in [1.82, 2.24) is 0 Å². The van der Waals surface area contributed by atoms with Crippen LogP contribution in [-0.2, 0) is 11.2 Å². The van der Waals surface area contributed by atoms with Gasteiger partial charge in [0.05, 0.1) is 16.7 Å². The summed E-state index contributed by atoms with van der Waals surface area (Å²) in [6, 6.07) is 4.74. The van der Waals surface area contributed by atoms with Crippen molar-refractivity contribution in [3.05, 3.63) is 34.1 Å². The molecule has 0 aliphatic rings. The Bertz CT molecular complexity index is 340. The van der Waals surface area contributed by atoms with Gasteiger partial charge >= 0.3 is 0 Å². The maximum atomic E-state index is 13.0. The van der Waals surface area contributed by atoms with E-state index >= 15 is 0 Å². The molecule has 0 heterocycles. The summed E-state index contributed by atoms with van der Waals surface area (Å²) < 4.78 is 18.6. The lowest BCUT2D eigenvalue weighted by molar-refractivity contribution is -0.0128. The lowest BCUT2D eigenvalue weighted by atomic mass is 10.0. The highest BCUT2D eigenvalue weighted by Gasteiger charge is 2.17. The summed E-state index contributed by atoms with van der Waals surface area (Å²) in [5.41, 5.74) is 0.885. The van der Waals surface area contributed by atoms with E-state index < -0.39 is 6.10 Å². The number of aliphatic hydroxyl groups is 1. The van der Waals surface area contributed by atoms with E-state index in [9.17, 15) is 9.50 Å². The van der Waals surface area contributed by atoms with Crippen LogP contribution in [0.5, 0.6) is 0 Å². The fourth-order valence-electron chi connectivity index (χ4n) is 1.64. The SMILES string of the molecule is CCC(OC)C(O)Cc1ccc(F)c(Br)c1. The minimum Gasteiger partial charge on any atom is -0.390 e. The molecule has 2 unspecified atom stereocenters. The summed E-state index contributed by atoms with van der Waals surface area (Å²) in [5.74, 6) is -0.294. The molecular weight excluding hydrogens is 275 g/mol. The molecule has 2 nitrogen and oxygen atoms in total. The average Bonchev–Trinajstić information content (AvgIpc) is 2.25. The molecule has 0 aliphatic carbocycles. The second-order valence-electron chi connectivity index (χ2n) is 3.70. The number of ether oxygens (including phenoxy) is 1. The largest absolute Gasteiger partial charge is 0.390 e. The molecule has 0 aromatic heterocycles. The van der Waals surface area contributed by atoms with Crippen LogP contribution in [0, 0.1) is 5.82 Å². The van der Waals surface area contributed by atoms with E-state index in [2.05, 4.69) is 15.9 Å². The first-order valence-electron chi connectivity index (χ1n) is 5.23. The van der Waals surface area contributed by atoms with Crippen LogP contribution in [0.4, 0.5) is 4.39 Å². The first-order chi connectivity index (χ1) is 7.58. The highest BCUT2D eigenvalue weighted by molar-refractivity contribution is 9.10. The van der Waals surface area contributed by atoms with E-state index in [1.165, 1.54) is 6.07 Å². The average molecular weight is 291 g/mol. The second-order valence-corrected chi connectivity index (χ2v) is 4.56. The fraction of sp³-hybridized carbons (Fsp3) is 0.500. The van der Waals surface area contributed by atoms with Gasteiger partial charge in [-0.15, -0.1) is 0 Å². The summed E-state index contributed by atoms with van der Waals surface area (Å²) in [6.07, 6.45) is 0.474. The van der Waals surface area contributed by atoms with Crippen molar-refractivity contribution in [2.45, 2.75) is 32.0 Å². The van der Waals surface area contributed by atoms with Crippen LogP contribution < -0.4 is 0 Å². The van der Waals surface area contributed by atoms with Gasteiger partial charge in [-0.05, 0) is 40.0 Å². The number of hydrogen-bond acceptors (Lipinski definition) is 2. The Morgan fingerprint density at radius 2 is 2.19 bits per heavy atom. The van der Waals surface area contributed by atoms with E-state index in [0.717, 1.165) is 12.0 Å². The van der Waals surface area contributed by atoms with E-state index in [1.54, 1.807) is 19.2 Å². The van der Waals surface area contributed by atoms with E-state index in [4.69, 9.17) is 4.74 Å². The summed E-state index contributed by atoms with van der Waals surface area (Å²) in [4.78, 5) is 0. The Labute approximate surface area is 104 Å². The highest BCUT2D eigenvalue weighted by Crippen LogP contribution is 2.19. The Morgan fingerprint density at radius 3 is 2.69 bits per heavy atom. The summed E-state index contributed by atoms with van der Waals surface area (Å²) in [7, 11) is 1.58. The smallest absolute Gasteiger partial charge is 0.137 e. The number of hydrogen-bond donors (Lipinski definition) is 1. The molecule has 0 fully saturated rings. The molecule has 0 saturated heterocycles. The number of methoxy groups -OCH3 is 1. The van der Waals surface area contributed by atoms with Gasteiger partial charge in [0.15, 0.2) is 0 Å². The normalized spacial score (nSPS) is 14.8. The number of halogens is 2. The lowest BCUT2D eigenvalue weighted by Crippen LogP contribution is -2.29. The van der Waals surface area contributed by atoms with Gasteiger partial charge in [-0.25, -0.2) is 4.39 Å². The van der Waals surface area contributed by atoms with E-state index in [-0.39, 0.29) is 11.9 Å². The van der Waals surface area contributed by atoms with Crippen molar-refractivity contribution in [3.8, 4) is 0 Å². The van der Waals surface area contributed by atoms with Crippen LogP contribution in [0.3, 0.4) is 0 Å². The molecule has 0 spiro atoms. The Kier molecular flexibility index (Phi) is 5.38. The van der Waals surface area contributed by atoms with Crippen molar-refractivity contribution in [2.24, 2.45) is 0 Å².